The zero-order chi connectivity index (χ0) is 17.3. The van der Waals surface area contributed by atoms with Crippen molar-refractivity contribution in [3.8, 4) is 0 Å². The van der Waals surface area contributed by atoms with Gasteiger partial charge in [-0.05, 0) is 28.1 Å². The standard InChI is InChI=1S/C21H15BrNOP/c22-19-13-7-8-16-14-15-20(23-21(16)19)25(24,17-9-3-1-4-10-17)18-11-5-2-6-12-18/h1-15H. The van der Waals surface area contributed by atoms with Gasteiger partial charge in [-0.3, -0.25) is 0 Å². The van der Waals surface area contributed by atoms with Crippen molar-refractivity contribution in [2.75, 3.05) is 0 Å². The Morgan fingerprint density at radius 2 is 1.28 bits per heavy atom. The number of aromatic nitrogens is 1. The lowest BCUT2D eigenvalue weighted by Gasteiger charge is -2.19. The monoisotopic (exact) mass is 407 g/mol. The number of halogens is 1. The molecule has 2 nitrogen and oxygen atoms in total. The fourth-order valence-electron chi connectivity index (χ4n) is 2.97. The molecular formula is C21H15BrNOP. The molecule has 0 saturated heterocycles. The minimum atomic E-state index is -3.03. The molecule has 0 fully saturated rings. The van der Waals surface area contributed by atoms with Crippen LogP contribution in [0.1, 0.15) is 0 Å². The number of hydrogen-bond donors (Lipinski definition) is 0. The fraction of sp³-hybridized carbons (Fsp3) is 0. The fourth-order valence-corrected chi connectivity index (χ4v) is 5.97. The first-order valence-corrected chi connectivity index (χ1v) is 10.5. The van der Waals surface area contributed by atoms with E-state index in [1.807, 2.05) is 91.0 Å². The minimum Gasteiger partial charge on any atom is -0.307 e. The van der Waals surface area contributed by atoms with Crippen molar-refractivity contribution >= 4 is 50.0 Å². The highest BCUT2D eigenvalue weighted by Crippen LogP contribution is 2.42. The van der Waals surface area contributed by atoms with Gasteiger partial charge in [-0.15, -0.1) is 0 Å². The number of rotatable bonds is 3. The third kappa shape index (κ3) is 2.84. The molecule has 0 spiro atoms. The van der Waals surface area contributed by atoms with Gasteiger partial charge in [0, 0.05) is 20.5 Å². The predicted molar refractivity (Wildman–Crippen MR) is 109 cm³/mol. The molecule has 4 rings (SSSR count). The van der Waals surface area contributed by atoms with E-state index in [1.165, 1.54) is 0 Å². The van der Waals surface area contributed by atoms with Gasteiger partial charge < -0.3 is 4.57 Å². The van der Waals surface area contributed by atoms with Crippen LogP contribution in [0.25, 0.3) is 10.9 Å². The SMILES string of the molecule is O=P(c1ccccc1)(c1ccccc1)c1ccc2cccc(Br)c2n1. The summed E-state index contributed by atoms with van der Waals surface area (Å²) < 4.78 is 15.2. The van der Waals surface area contributed by atoms with Crippen LogP contribution in [0.15, 0.2) is 95.5 Å². The summed E-state index contributed by atoms with van der Waals surface area (Å²) in [5.74, 6) is 0. The summed E-state index contributed by atoms with van der Waals surface area (Å²) in [6, 6.07) is 29.0. The van der Waals surface area contributed by atoms with E-state index in [0.29, 0.717) is 5.44 Å². The average Bonchev–Trinajstić information content (AvgIpc) is 2.69. The molecule has 0 atom stereocenters. The van der Waals surface area contributed by atoms with Crippen LogP contribution in [0.4, 0.5) is 0 Å². The van der Waals surface area contributed by atoms with Gasteiger partial charge in [0.1, 0.15) is 5.44 Å². The Morgan fingerprint density at radius 1 is 0.680 bits per heavy atom. The van der Waals surface area contributed by atoms with Crippen LogP contribution in [0.2, 0.25) is 0 Å². The second-order valence-electron chi connectivity index (χ2n) is 5.76. The van der Waals surface area contributed by atoms with Crippen LogP contribution in [0.5, 0.6) is 0 Å². The van der Waals surface area contributed by atoms with E-state index in [0.717, 1.165) is 26.0 Å². The lowest BCUT2D eigenvalue weighted by Crippen LogP contribution is -2.27. The number of fused-ring (bicyclic) bond motifs is 1. The van der Waals surface area contributed by atoms with Crippen LogP contribution in [0, 0.1) is 0 Å². The van der Waals surface area contributed by atoms with Gasteiger partial charge in [-0.2, -0.15) is 0 Å². The first-order chi connectivity index (χ1) is 12.2. The van der Waals surface area contributed by atoms with Crippen LogP contribution >= 0.6 is 23.1 Å². The van der Waals surface area contributed by atoms with Crippen LogP contribution < -0.4 is 16.0 Å². The quantitative estimate of drug-likeness (QED) is 0.463. The van der Waals surface area contributed by atoms with E-state index >= 15 is 0 Å². The molecule has 4 heteroatoms. The van der Waals surface area contributed by atoms with Gasteiger partial charge in [0.25, 0.3) is 0 Å². The largest absolute Gasteiger partial charge is 0.307 e. The van der Waals surface area contributed by atoms with E-state index in [2.05, 4.69) is 15.9 Å². The second-order valence-corrected chi connectivity index (χ2v) is 9.33. The molecule has 0 radical (unpaired) electrons. The molecule has 0 aliphatic heterocycles. The lowest BCUT2D eigenvalue weighted by atomic mass is 10.2. The number of benzene rings is 3. The molecule has 3 aromatic carbocycles. The van der Waals surface area contributed by atoms with Gasteiger partial charge in [-0.25, -0.2) is 4.98 Å². The van der Waals surface area contributed by atoms with E-state index in [-0.39, 0.29) is 0 Å². The number of hydrogen-bond acceptors (Lipinski definition) is 2. The van der Waals surface area contributed by atoms with Crippen molar-refractivity contribution in [1.29, 1.82) is 0 Å². The summed E-state index contributed by atoms with van der Waals surface area (Å²) in [4.78, 5) is 4.79. The molecule has 0 N–H and O–H groups in total. The Hall–Kier alpha value is -2.22. The first kappa shape index (κ1) is 16.3. The molecule has 1 heterocycles. The highest BCUT2D eigenvalue weighted by atomic mass is 79.9. The van der Waals surface area contributed by atoms with Crippen molar-refractivity contribution in [3.63, 3.8) is 0 Å². The summed E-state index contributed by atoms with van der Waals surface area (Å²) in [5.41, 5.74) is 1.43. The molecule has 0 aliphatic carbocycles. The number of nitrogens with zero attached hydrogens (tertiary/aromatic N) is 1. The molecule has 0 amide bonds. The zero-order valence-electron chi connectivity index (χ0n) is 13.3. The highest BCUT2D eigenvalue weighted by Gasteiger charge is 2.31. The Labute approximate surface area is 155 Å². The summed E-state index contributed by atoms with van der Waals surface area (Å²) in [7, 11) is -3.03. The van der Waals surface area contributed by atoms with Crippen molar-refractivity contribution in [2.24, 2.45) is 0 Å². The van der Waals surface area contributed by atoms with Crippen molar-refractivity contribution in [3.05, 3.63) is 95.5 Å². The van der Waals surface area contributed by atoms with Crippen molar-refractivity contribution < 1.29 is 4.57 Å². The maximum Gasteiger partial charge on any atom is 0.188 e. The Kier molecular flexibility index (Phi) is 4.29. The molecule has 0 aliphatic rings. The summed E-state index contributed by atoms with van der Waals surface area (Å²) in [5, 5.41) is 2.60. The third-order valence-electron chi connectivity index (χ3n) is 4.22. The second kappa shape index (κ2) is 6.59. The normalized spacial score (nSPS) is 11.6. The molecule has 0 unspecified atom stereocenters. The van der Waals surface area contributed by atoms with E-state index in [9.17, 15) is 4.57 Å². The maximum absolute atomic E-state index is 14.3. The molecule has 0 saturated carbocycles. The molecular weight excluding hydrogens is 393 g/mol. The number of para-hydroxylation sites is 1. The van der Waals surface area contributed by atoms with Crippen LogP contribution in [-0.2, 0) is 4.57 Å². The van der Waals surface area contributed by atoms with E-state index in [4.69, 9.17) is 4.98 Å². The molecule has 25 heavy (non-hydrogen) atoms. The maximum atomic E-state index is 14.3. The lowest BCUT2D eigenvalue weighted by molar-refractivity contribution is 0.592. The Morgan fingerprint density at radius 3 is 1.88 bits per heavy atom. The summed E-state index contributed by atoms with van der Waals surface area (Å²) >= 11 is 3.56. The smallest absolute Gasteiger partial charge is 0.188 e. The first-order valence-electron chi connectivity index (χ1n) is 7.97. The topological polar surface area (TPSA) is 30.0 Å². The Balaban J connectivity index is 2.03. The molecule has 0 bridgehead atoms. The van der Waals surface area contributed by atoms with E-state index < -0.39 is 7.14 Å². The van der Waals surface area contributed by atoms with E-state index in [1.54, 1.807) is 0 Å². The van der Waals surface area contributed by atoms with Crippen molar-refractivity contribution in [1.82, 2.24) is 4.98 Å². The summed E-state index contributed by atoms with van der Waals surface area (Å²) in [6.45, 7) is 0. The molecule has 122 valence electrons. The minimum absolute atomic E-state index is 0.601. The Bertz CT molecular complexity index is 1040. The van der Waals surface area contributed by atoms with Gasteiger partial charge in [-0.1, -0.05) is 78.9 Å². The van der Waals surface area contributed by atoms with Crippen LogP contribution in [-0.4, -0.2) is 4.98 Å². The molecule has 4 aromatic rings. The molecule has 1 aromatic heterocycles. The van der Waals surface area contributed by atoms with Gasteiger partial charge in [0.15, 0.2) is 7.14 Å². The highest BCUT2D eigenvalue weighted by molar-refractivity contribution is 9.10. The van der Waals surface area contributed by atoms with Gasteiger partial charge >= 0.3 is 0 Å². The summed E-state index contributed by atoms with van der Waals surface area (Å²) in [6.07, 6.45) is 0. The predicted octanol–water partition coefficient (Wildman–Crippen LogP) is 4.64. The third-order valence-corrected chi connectivity index (χ3v) is 7.80. The van der Waals surface area contributed by atoms with Crippen LogP contribution in [0.3, 0.4) is 0 Å². The number of pyridine rings is 1. The van der Waals surface area contributed by atoms with Crippen molar-refractivity contribution in [2.45, 2.75) is 0 Å². The van der Waals surface area contributed by atoms with Gasteiger partial charge in [0.2, 0.25) is 0 Å². The van der Waals surface area contributed by atoms with Gasteiger partial charge in [0.05, 0.1) is 5.52 Å². The average molecular weight is 408 g/mol. The zero-order valence-corrected chi connectivity index (χ0v) is 15.8.